The molecule has 0 saturated carbocycles. The van der Waals surface area contributed by atoms with Gasteiger partial charge in [-0.25, -0.2) is 14.4 Å². The molecule has 136 valence electrons. The number of hydrogen-bond donors (Lipinski definition) is 8. The first-order chi connectivity index (χ1) is 9.74. The summed E-state index contributed by atoms with van der Waals surface area (Å²) in [5.41, 5.74) is 0. The van der Waals surface area contributed by atoms with E-state index in [1.54, 1.807) is 13.8 Å². The van der Waals surface area contributed by atoms with Crippen molar-refractivity contribution in [1.29, 1.82) is 0 Å². The molecule has 0 aliphatic carbocycles. The third-order valence-electron chi connectivity index (χ3n) is 0.605. The topological polar surface area (TPSA) is 186 Å². The molecule has 0 bridgehead atoms. The van der Waals surface area contributed by atoms with E-state index in [-0.39, 0.29) is 72.0 Å². The molecule has 0 radical (unpaired) electrons. The summed E-state index contributed by atoms with van der Waals surface area (Å²) in [7, 11) is 0. The van der Waals surface area contributed by atoms with Gasteiger partial charge in [0.05, 0.1) is 0 Å². The Bertz CT molecular complexity index is 287. The number of carboxylic acid groups (broad SMARTS) is 5. The van der Waals surface area contributed by atoms with Gasteiger partial charge >= 0.3 is 87.0 Å². The van der Waals surface area contributed by atoms with Crippen LogP contribution in [0.3, 0.4) is 0 Å². The number of thiol groups is 3. The standard InChI is InChI=1S/2C3H6O2.3CH2O2S.2Na.2H/c2*1-2-3(4)5;3*2-1(3)4;;;;/h2*2H2,1H3,(H,4,5);3*4H,(H,2,3);;;;. The molecule has 0 aromatic carbocycles. The zero-order chi connectivity index (χ0) is 19.3. The molecule has 15 heteroatoms. The van der Waals surface area contributed by atoms with Crippen LogP contribution < -0.4 is 0 Å². The van der Waals surface area contributed by atoms with Gasteiger partial charge in [-0.1, -0.05) is 51.7 Å². The fourth-order valence-electron chi connectivity index (χ4n) is 0. The molecule has 0 unspecified atom stereocenters. The maximum absolute atomic E-state index is 9.37. The van der Waals surface area contributed by atoms with Crippen LogP contribution in [0.25, 0.3) is 0 Å². The van der Waals surface area contributed by atoms with E-state index in [0.717, 1.165) is 0 Å². The molecule has 0 fully saturated rings. The molecular weight excluding hydrogens is 410 g/mol. The minimum atomic E-state index is -1.14. The van der Waals surface area contributed by atoms with E-state index in [1.165, 1.54) is 0 Å². The third kappa shape index (κ3) is 530. The average molecular weight is 430 g/mol. The SMILES string of the molecule is CCC(=O)O.CCC(=O)O.O=C(O)S.O=C(O)S.O=C(O)S.[NaH].[NaH]. The summed E-state index contributed by atoms with van der Waals surface area (Å²) in [5, 5.41) is 33.9. The summed E-state index contributed by atoms with van der Waals surface area (Å²) < 4.78 is 0. The Kier molecular flexibility index (Phi) is 71.3. The van der Waals surface area contributed by atoms with Gasteiger partial charge in [0, 0.05) is 12.8 Å². The van der Waals surface area contributed by atoms with Crippen LogP contribution in [0.1, 0.15) is 26.7 Å². The monoisotopic (exact) mass is 430 g/mol. The first-order valence-corrected chi connectivity index (χ1v) is 6.27. The number of carboxylic acids is 2. The first-order valence-electron chi connectivity index (χ1n) is 4.93. The Morgan fingerprint density at radius 3 is 0.625 bits per heavy atom. The van der Waals surface area contributed by atoms with Gasteiger partial charge < -0.3 is 25.5 Å². The zero-order valence-electron chi connectivity index (χ0n) is 11.5. The second kappa shape index (κ2) is 38.8. The van der Waals surface area contributed by atoms with Crippen molar-refractivity contribution in [3.05, 3.63) is 0 Å². The van der Waals surface area contributed by atoms with Crippen molar-refractivity contribution in [2.75, 3.05) is 0 Å². The molecule has 0 spiro atoms. The number of rotatable bonds is 2. The second-order valence-corrected chi connectivity index (χ2v) is 3.49. The Hall–Kier alpha value is 0.400. The molecule has 5 N–H and O–H groups in total. The third-order valence-corrected chi connectivity index (χ3v) is 0.605. The van der Waals surface area contributed by atoms with E-state index in [0.29, 0.717) is 0 Å². The minimum absolute atomic E-state index is 0. The maximum atomic E-state index is 9.37. The van der Waals surface area contributed by atoms with Crippen LogP contribution in [-0.2, 0) is 9.59 Å². The van der Waals surface area contributed by atoms with E-state index < -0.39 is 27.8 Å². The van der Waals surface area contributed by atoms with Crippen LogP contribution in [0.2, 0.25) is 0 Å². The fraction of sp³-hybridized carbons (Fsp3) is 0.444. The molecule has 10 nitrogen and oxygen atoms in total. The van der Waals surface area contributed by atoms with Gasteiger partial charge in [-0.3, -0.25) is 9.59 Å². The summed E-state index contributed by atoms with van der Waals surface area (Å²) in [5.74, 6) is -1.49. The van der Waals surface area contributed by atoms with Crippen molar-refractivity contribution in [2.24, 2.45) is 0 Å². The molecule has 24 heavy (non-hydrogen) atoms. The first kappa shape index (κ1) is 44.1. The van der Waals surface area contributed by atoms with Gasteiger partial charge in [0.1, 0.15) is 0 Å². The summed E-state index contributed by atoms with van der Waals surface area (Å²) >= 11 is 8.65. The molecule has 0 aromatic heterocycles. The van der Waals surface area contributed by atoms with Gasteiger partial charge in [0.25, 0.3) is 0 Å². The summed E-state index contributed by atoms with van der Waals surface area (Å²) in [6.07, 6.45) is 0.444. The molecule has 0 amide bonds. The van der Waals surface area contributed by atoms with Gasteiger partial charge in [-0.2, -0.15) is 0 Å². The molecule has 0 aliphatic rings. The van der Waals surface area contributed by atoms with E-state index in [2.05, 4.69) is 37.9 Å². The number of carbonyl (C=O) groups is 5. The zero-order valence-corrected chi connectivity index (χ0v) is 14.2. The number of hydrogen-bond acceptors (Lipinski definition) is 5. The van der Waals surface area contributed by atoms with Crippen LogP contribution in [0.4, 0.5) is 14.4 Å². The summed E-state index contributed by atoms with van der Waals surface area (Å²) in [6.45, 7) is 3.20. The fourth-order valence-corrected chi connectivity index (χ4v) is 0. The summed E-state index contributed by atoms with van der Waals surface area (Å²) in [4.78, 5) is 45.3. The van der Waals surface area contributed by atoms with Crippen molar-refractivity contribution in [3.8, 4) is 0 Å². The van der Waals surface area contributed by atoms with E-state index >= 15 is 0 Å². The van der Waals surface area contributed by atoms with Crippen LogP contribution in [-0.4, -0.2) is 112 Å². The van der Waals surface area contributed by atoms with Crippen LogP contribution >= 0.6 is 37.9 Å². The van der Waals surface area contributed by atoms with Crippen LogP contribution in [0.5, 0.6) is 0 Å². The van der Waals surface area contributed by atoms with Crippen molar-refractivity contribution >= 4 is 125 Å². The Labute approximate surface area is 199 Å². The molecule has 0 aliphatic heterocycles. The predicted octanol–water partition coefficient (Wildman–Crippen LogP) is 1.45. The molecule has 0 aromatic rings. The van der Waals surface area contributed by atoms with E-state index in [1.807, 2.05) is 0 Å². The molecular formula is C9H20Na2O10S3. The molecule has 0 heterocycles. The average Bonchev–Trinajstić information content (AvgIpc) is 2.27. The van der Waals surface area contributed by atoms with Crippen LogP contribution in [0, 0.1) is 0 Å². The van der Waals surface area contributed by atoms with Gasteiger partial charge in [0.2, 0.25) is 0 Å². The second-order valence-electron chi connectivity index (χ2n) is 2.34. The predicted molar refractivity (Wildman–Crippen MR) is 101 cm³/mol. The van der Waals surface area contributed by atoms with Gasteiger partial charge in [-0.05, 0) is 0 Å². The normalized spacial score (nSPS) is 6.21. The Balaban J connectivity index is -0.0000000296. The van der Waals surface area contributed by atoms with Crippen molar-refractivity contribution < 1.29 is 49.5 Å². The van der Waals surface area contributed by atoms with Gasteiger partial charge in [0.15, 0.2) is 0 Å². The quantitative estimate of drug-likeness (QED) is 0.235. The van der Waals surface area contributed by atoms with Crippen molar-refractivity contribution in [2.45, 2.75) is 26.7 Å². The Morgan fingerprint density at radius 1 is 0.583 bits per heavy atom. The molecule has 0 saturated heterocycles. The molecule has 0 atom stereocenters. The Morgan fingerprint density at radius 2 is 0.625 bits per heavy atom. The van der Waals surface area contributed by atoms with E-state index in [9.17, 15) is 9.59 Å². The van der Waals surface area contributed by atoms with E-state index in [4.69, 9.17) is 39.9 Å². The van der Waals surface area contributed by atoms with Crippen LogP contribution in [0.15, 0.2) is 0 Å². The summed E-state index contributed by atoms with van der Waals surface area (Å²) in [6, 6.07) is 0. The van der Waals surface area contributed by atoms with Gasteiger partial charge in [-0.15, -0.1) is 0 Å². The number of aliphatic carboxylic acids is 2. The van der Waals surface area contributed by atoms with Crippen molar-refractivity contribution in [1.82, 2.24) is 0 Å². The van der Waals surface area contributed by atoms with Crippen molar-refractivity contribution in [3.63, 3.8) is 0 Å². The molecule has 0 rings (SSSR count).